The summed E-state index contributed by atoms with van der Waals surface area (Å²) in [5, 5.41) is 0. The van der Waals surface area contributed by atoms with Gasteiger partial charge in [0.1, 0.15) is 5.75 Å². The Kier molecular flexibility index (Phi) is 7.64. The molecule has 0 spiro atoms. The summed E-state index contributed by atoms with van der Waals surface area (Å²) in [6.45, 7) is 2.65. The maximum absolute atomic E-state index is 14.0. The SMILES string of the molecule is CCOC(=O)[C@@H]1C(=O)N(CCCOC)c2nc3ccccc3n2[C@H]1c1cc(OC)c(OC)cc1OC. The molecule has 3 aromatic rings. The van der Waals surface area contributed by atoms with Crippen molar-refractivity contribution in [3.8, 4) is 17.2 Å². The molecule has 0 aliphatic carbocycles. The van der Waals surface area contributed by atoms with Crippen LogP contribution in [0.5, 0.6) is 17.2 Å². The number of esters is 1. The Morgan fingerprint density at radius 1 is 1.00 bits per heavy atom. The van der Waals surface area contributed by atoms with Crippen LogP contribution in [-0.2, 0) is 19.1 Å². The van der Waals surface area contributed by atoms with Gasteiger partial charge in [0, 0.05) is 31.9 Å². The lowest BCUT2D eigenvalue weighted by atomic mass is 9.88. The second-order valence-corrected chi connectivity index (χ2v) is 8.23. The molecule has 1 amide bonds. The smallest absolute Gasteiger partial charge is 0.321 e. The van der Waals surface area contributed by atoms with Crippen molar-refractivity contribution in [3.63, 3.8) is 0 Å². The number of imidazole rings is 1. The molecule has 0 saturated carbocycles. The molecule has 1 aromatic heterocycles. The molecule has 1 aliphatic rings. The van der Waals surface area contributed by atoms with E-state index in [0.717, 1.165) is 5.52 Å². The number of hydrogen-bond donors (Lipinski definition) is 0. The summed E-state index contributed by atoms with van der Waals surface area (Å²) in [5.74, 6) is -0.402. The normalized spacial score (nSPS) is 17.1. The number of hydrogen-bond acceptors (Lipinski definition) is 8. The van der Waals surface area contributed by atoms with Crippen molar-refractivity contribution >= 4 is 28.9 Å². The third-order valence-corrected chi connectivity index (χ3v) is 6.27. The standard InChI is InChI=1S/C26H31N3O7/c1-6-36-25(31)22-23(16-14-20(34-4)21(35-5)15-19(16)33-3)29-18-11-8-7-10-17(18)27-26(29)28(24(22)30)12-9-13-32-2/h7-8,10-11,14-15,22-23H,6,9,12-13H2,1-5H3/t22-,23-/m0/s1. The van der Waals surface area contributed by atoms with Crippen LogP contribution in [-0.4, -0.2) is 69.6 Å². The Labute approximate surface area is 209 Å². The molecule has 0 unspecified atom stereocenters. The largest absolute Gasteiger partial charge is 0.496 e. The van der Waals surface area contributed by atoms with E-state index >= 15 is 0 Å². The topological polar surface area (TPSA) is 101 Å². The van der Waals surface area contributed by atoms with E-state index in [1.165, 1.54) is 21.3 Å². The summed E-state index contributed by atoms with van der Waals surface area (Å²) in [6.07, 6.45) is 0.575. The molecule has 192 valence electrons. The first-order chi connectivity index (χ1) is 17.5. The Morgan fingerprint density at radius 3 is 2.36 bits per heavy atom. The average molecular weight is 498 g/mol. The van der Waals surface area contributed by atoms with Crippen LogP contribution >= 0.6 is 0 Å². The molecule has 4 rings (SSSR count). The van der Waals surface area contributed by atoms with Gasteiger partial charge < -0.3 is 28.3 Å². The van der Waals surface area contributed by atoms with Crippen molar-refractivity contribution in [2.24, 2.45) is 5.92 Å². The van der Waals surface area contributed by atoms with Crippen LogP contribution in [0.15, 0.2) is 36.4 Å². The van der Waals surface area contributed by atoms with Crippen molar-refractivity contribution < 1.29 is 33.3 Å². The highest BCUT2D eigenvalue weighted by Gasteiger charge is 2.48. The van der Waals surface area contributed by atoms with Gasteiger partial charge in [-0.25, -0.2) is 4.98 Å². The highest BCUT2D eigenvalue weighted by molar-refractivity contribution is 6.08. The summed E-state index contributed by atoms with van der Waals surface area (Å²) < 4.78 is 29.2. The van der Waals surface area contributed by atoms with Gasteiger partial charge in [0.15, 0.2) is 17.4 Å². The van der Waals surface area contributed by atoms with Crippen LogP contribution in [0.2, 0.25) is 0 Å². The Hall–Kier alpha value is -3.79. The highest BCUT2D eigenvalue weighted by atomic mass is 16.5. The number of carbonyl (C=O) groups excluding carboxylic acids is 2. The van der Waals surface area contributed by atoms with E-state index in [4.69, 9.17) is 28.7 Å². The molecule has 2 aromatic carbocycles. The number of carbonyl (C=O) groups is 2. The maximum Gasteiger partial charge on any atom is 0.321 e. The Bertz CT molecular complexity index is 1260. The number of rotatable bonds is 10. The average Bonchev–Trinajstić information content (AvgIpc) is 3.28. The fraction of sp³-hybridized carbons (Fsp3) is 0.423. The zero-order valence-electron chi connectivity index (χ0n) is 21.1. The van der Waals surface area contributed by atoms with Gasteiger partial charge in [0.05, 0.1) is 45.0 Å². The van der Waals surface area contributed by atoms with Crippen LogP contribution < -0.4 is 19.1 Å². The fourth-order valence-corrected chi connectivity index (χ4v) is 4.69. The molecular weight excluding hydrogens is 466 g/mol. The lowest BCUT2D eigenvalue weighted by Gasteiger charge is -2.38. The van der Waals surface area contributed by atoms with Crippen molar-refractivity contribution in [1.29, 1.82) is 0 Å². The Morgan fingerprint density at radius 2 is 1.69 bits per heavy atom. The molecule has 2 heterocycles. The van der Waals surface area contributed by atoms with E-state index in [2.05, 4.69) is 0 Å². The van der Waals surface area contributed by atoms with E-state index in [1.54, 1.807) is 31.1 Å². The van der Waals surface area contributed by atoms with E-state index in [0.29, 0.717) is 53.8 Å². The van der Waals surface area contributed by atoms with Crippen molar-refractivity contribution in [1.82, 2.24) is 9.55 Å². The van der Waals surface area contributed by atoms with E-state index in [9.17, 15) is 9.59 Å². The fourth-order valence-electron chi connectivity index (χ4n) is 4.69. The second-order valence-electron chi connectivity index (χ2n) is 8.23. The minimum Gasteiger partial charge on any atom is -0.496 e. The van der Waals surface area contributed by atoms with E-state index in [1.807, 2.05) is 28.8 Å². The molecule has 0 saturated heterocycles. The predicted octanol–water partition coefficient (Wildman–Crippen LogP) is 3.21. The maximum atomic E-state index is 14.0. The molecule has 10 nitrogen and oxygen atoms in total. The first kappa shape index (κ1) is 25.3. The van der Waals surface area contributed by atoms with Gasteiger partial charge in [-0.05, 0) is 31.5 Å². The number of fused-ring (bicyclic) bond motifs is 3. The molecule has 2 atom stereocenters. The summed E-state index contributed by atoms with van der Waals surface area (Å²) in [7, 11) is 6.19. The van der Waals surface area contributed by atoms with Crippen LogP contribution in [0.4, 0.5) is 5.95 Å². The molecule has 0 fully saturated rings. The minimum atomic E-state index is -1.18. The third kappa shape index (κ3) is 4.32. The van der Waals surface area contributed by atoms with Crippen LogP contribution in [0, 0.1) is 5.92 Å². The van der Waals surface area contributed by atoms with Crippen molar-refractivity contribution in [3.05, 3.63) is 42.0 Å². The number of amides is 1. The molecule has 0 bridgehead atoms. The number of anilines is 1. The summed E-state index contributed by atoms with van der Waals surface area (Å²) in [4.78, 5) is 33.7. The number of aromatic nitrogens is 2. The van der Waals surface area contributed by atoms with Gasteiger partial charge in [-0.2, -0.15) is 0 Å². The highest BCUT2D eigenvalue weighted by Crippen LogP contribution is 2.46. The van der Waals surface area contributed by atoms with Gasteiger partial charge >= 0.3 is 5.97 Å². The molecule has 0 N–H and O–H groups in total. The minimum absolute atomic E-state index is 0.139. The zero-order chi connectivity index (χ0) is 25.8. The number of ether oxygens (including phenoxy) is 5. The van der Waals surface area contributed by atoms with E-state index < -0.39 is 23.8 Å². The summed E-state index contributed by atoms with van der Waals surface area (Å²) in [5.41, 5.74) is 2.04. The van der Waals surface area contributed by atoms with E-state index in [-0.39, 0.29) is 6.61 Å². The molecular formula is C26H31N3O7. The molecule has 0 radical (unpaired) electrons. The zero-order valence-corrected chi connectivity index (χ0v) is 21.1. The van der Waals surface area contributed by atoms with Crippen molar-refractivity contribution in [2.45, 2.75) is 19.4 Å². The van der Waals surface area contributed by atoms with Crippen LogP contribution in [0.1, 0.15) is 24.9 Å². The number of para-hydroxylation sites is 2. The number of benzene rings is 2. The molecule has 10 heteroatoms. The first-order valence-corrected chi connectivity index (χ1v) is 11.7. The molecule has 1 aliphatic heterocycles. The monoisotopic (exact) mass is 497 g/mol. The lowest BCUT2D eigenvalue weighted by molar-refractivity contribution is -0.153. The van der Waals surface area contributed by atoms with Gasteiger partial charge in [-0.15, -0.1) is 0 Å². The Balaban J connectivity index is 2.02. The summed E-state index contributed by atoms with van der Waals surface area (Å²) >= 11 is 0. The van der Waals surface area contributed by atoms with Gasteiger partial charge in [-0.1, -0.05) is 12.1 Å². The number of methoxy groups -OCH3 is 4. The van der Waals surface area contributed by atoms with Crippen LogP contribution in [0.3, 0.4) is 0 Å². The predicted molar refractivity (Wildman–Crippen MR) is 133 cm³/mol. The lowest BCUT2D eigenvalue weighted by Crippen LogP contribution is -2.50. The number of nitrogens with zero attached hydrogens (tertiary/aromatic N) is 3. The summed E-state index contributed by atoms with van der Waals surface area (Å²) in [6, 6.07) is 10.2. The van der Waals surface area contributed by atoms with Gasteiger partial charge in [0.2, 0.25) is 11.9 Å². The third-order valence-electron chi connectivity index (χ3n) is 6.27. The van der Waals surface area contributed by atoms with Crippen LogP contribution in [0.25, 0.3) is 11.0 Å². The molecule has 36 heavy (non-hydrogen) atoms. The quantitative estimate of drug-likeness (QED) is 0.239. The van der Waals surface area contributed by atoms with Gasteiger partial charge in [0.25, 0.3) is 0 Å². The van der Waals surface area contributed by atoms with Crippen molar-refractivity contribution in [2.75, 3.05) is 53.1 Å². The van der Waals surface area contributed by atoms with Gasteiger partial charge in [-0.3, -0.25) is 14.5 Å². The second kappa shape index (κ2) is 10.9. The first-order valence-electron chi connectivity index (χ1n) is 11.7.